The van der Waals surface area contributed by atoms with Crippen LogP contribution in [0.1, 0.15) is 24.3 Å². The van der Waals surface area contributed by atoms with E-state index >= 15 is 0 Å². The van der Waals surface area contributed by atoms with Crippen LogP contribution in [0.5, 0.6) is 0 Å². The van der Waals surface area contributed by atoms with Gasteiger partial charge in [-0.05, 0) is 12.0 Å². The Hall–Kier alpha value is -2.48. The molecule has 2 aromatic rings. The minimum atomic E-state index is -0.467. The summed E-state index contributed by atoms with van der Waals surface area (Å²) in [7, 11) is 0. The Kier molecular flexibility index (Phi) is 4.48. The van der Waals surface area contributed by atoms with Gasteiger partial charge < -0.3 is 4.90 Å². The lowest BCUT2D eigenvalue weighted by atomic mass is 10.1. The SMILES string of the molecule is CC(C)CN1CCN(C(=O)c2n[nH]c3ccc([N+](=O)[O-])cc23)CC1. The molecule has 0 atom stereocenters. The average molecular weight is 331 g/mol. The van der Waals surface area contributed by atoms with Crippen molar-refractivity contribution in [2.75, 3.05) is 32.7 Å². The first-order valence-electron chi connectivity index (χ1n) is 8.10. The van der Waals surface area contributed by atoms with E-state index < -0.39 is 4.92 Å². The van der Waals surface area contributed by atoms with Crippen LogP contribution in [0.4, 0.5) is 5.69 Å². The number of nitrogens with zero attached hydrogens (tertiary/aromatic N) is 4. The van der Waals surface area contributed by atoms with Gasteiger partial charge in [0.1, 0.15) is 0 Å². The van der Waals surface area contributed by atoms with Gasteiger partial charge in [0.25, 0.3) is 11.6 Å². The fraction of sp³-hybridized carbons (Fsp3) is 0.500. The number of hydrogen-bond acceptors (Lipinski definition) is 5. The predicted octanol–water partition coefficient (Wildman–Crippen LogP) is 1.88. The molecule has 1 amide bonds. The first-order chi connectivity index (χ1) is 11.5. The number of carbonyl (C=O) groups excluding carboxylic acids is 1. The normalized spacial score (nSPS) is 16.0. The van der Waals surface area contributed by atoms with E-state index in [9.17, 15) is 14.9 Å². The summed E-state index contributed by atoms with van der Waals surface area (Å²) in [5.41, 5.74) is 0.841. The Morgan fingerprint density at radius 3 is 2.67 bits per heavy atom. The summed E-state index contributed by atoms with van der Waals surface area (Å²) in [6, 6.07) is 4.39. The van der Waals surface area contributed by atoms with Crippen LogP contribution in [-0.4, -0.2) is 63.6 Å². The zero-order chi connectivity index (χ0) is 17.3. The number of aromatic amines is 1. The molecular formula is C16H21N5O3. The standard InChI is InChI=1S/C16H21N5O3/c1-11(2)10-19-5-7-20(8-6-19)16(22)15-13-9-12(21(23)24)3-4-14(13)17-18-15/h3-4,9,11H,5-8,10H2,1-2H3,(H,17,18). The molecule has 1 aromatic heterocycles. The van der Waals surface area contributed by atoms with Crippen molar-refractivity contribution in [3.63, 3.8) is 0 Å². The summed E-state index contributed by atoms with van der Waals surface area (Å²) in [6.07, 6.45) is 0. The number of carbonyl (C=O) groups is 1. The van der Waals surface area contributed by atoms with Gasteiger partial charge in [0.2, 0.25) is 0 Å². The van der Waals surface area contributed by atoms with Gasteiger partial charge in [-0.15, -0.1) is 0 Å². The smallest absolute Gasteiger partial charge is 0.275 e. The number of H-pyrrole nitrogens is 1. The summed E-state index contributed by atoms with van der Waals surface area (Å²) in [5.74, 6) is 0.425. The van der Waals surface area contributed by atoms with Gasteiger partial charge in [-0.3, -0.25) is 24.9 Å². The number of rotatable bonds is 4. The molecule has 0 unspecified atom stereocenters. The highest BCUT2D eigenvalue weighted by Gasteiger charge is 2.26. The second kappa shape index (κ2) is 6.56. The first-order valence-corrected chi connectivity index (χ1v) is 8.10. The zero-order valence-electron chi connectivity index (χ0n) is 13.9. The number of non-ortho nitro benzene ring substituents is 1. The zero-order valence-corrected chi connectivity index (χ0v) is 13.9. The van der Waals surface area contributed by atoms with Crippen molar-refractivity contribution >= 4 is 22.5 Å². The van der Waals surface area contributed by atoms with E-state index in [1.165, 1.54) is 12.1 Å². The van der Waals surface area contributed by atoms with Gasteiger partial charge in [0, 0.05) is 50.2 Å². The Morgan fingerprint density at radius 1 is 1.33 bits per heavy atom. The van der Waals surface area contributed by atoms with E-state index in [1.807, 2.05) is 0 Å². The summed E-state index contributed by atoms with van der Waals surface area (Å²) < 4.78 is 0. The lowest BCUT2D eigenvalue weighted by Gasteiger charge is -2.35. The van der Waals surface area contributed by atoms with Gasteiger partial charge >= 0.3 is 0 Å². The molecule has 8 heteroatoms. The van der Waals surface area contributed by atoms with Crippen LogP contribution in [-0.2, 0) is 0 Å². The van der Waals surface area contributed by atoms with E-state index in [4.69, 9.17) is 0 Å². The molecule has 0 saturated carbocycles. The van der Waals surface area contributed by atoms with Crippen LogP contribution in [0.25, 0.3) is 10.9 Å². The van der Waals surface area contributed by atoms with Crippen LogP contribution in [0.15, 0.2) is 18.2 Å². The molecule has 1 N–H and O–H groups in total. The number of nitrogens with one attached hydrogen (secondary N) is 1. The molecule has 128 valence electrons. The number of piperazine rings is 1. The van der Waals surface area contributed by atoms with Crippen LogP contribution >= 0.6 is 0 Å². The molecule has 3 rings (SSSR count). The Labute approximate surface area is 139 Å². The first kappa shape index (κ1) is 16.4. The van der Waals surface area contributed by atoms with Crippen molar-refractivity contribution in [1.29, 1.82) is 0 Å². The van der Waals surface area contributed by atoms with E-state index in [0.717, 1.165) is 19.6 Å². The van der Waals surface area contributed by atoms with Crippen LogP contribution < -0.4 is 0 Å². The Bertz CT molecular complexity index is 762. The lowest BCUT2D eigenvalue weighted by molar-refractivity contribution is -0.384. The molecule has 0 aliphatic carbocycles. The number of benzene rings is 1. The molecular weight excluding hydrogens is 310 g/mol. The van der Waals surface area contributed by atoms with Crippen LogP contribution in [0.3, 0.4) is 0 Å². The van der Waals surface area contributed by atoms with Crippen LogP contribution in [0, 0.1) is 16.0 Å². The highest BCUT2D eigenvalue weighted by atomic mass is 16.6. The van der Waals surface area contributed by atoms with Crippen LogP contribution in [0.2, 0.25) is 0 Å². The van der Waals surface area contributed by atoms with Gasteiger partial charge in [-0.2, -0.15) is 5.10 Å². The van der Waals surface area contributed by atoms with Gasteiger partial charge in [0.15, 0.2) is 5.69 Å². The minimum Gasteiger partial charge on any atom is -0.335 e. The second-order valence-corrected chi connectivity index (χ2v) is 6.55. The molecule has 0 radical (unpaired) electrons. The van der Waals surface area contributed by atoms with E-state index in [-0.39, 0.29) is 17.3 Å². The highest BCUT2D eigenvalue weighted by molar-refractivity contribution is 6.05. The fourth-order valence-electron chi connectivity index (χ4n) is 3.08. The number of fused-ring (bicyclic) bond motifs is 1. The molecule has 24 heavy (non-hydrogen) atoms. The molecule has 0 bridgehead atoms. The van der Waals surface area contributed by atoms with Gasteiger partial charge in [0.05, 0.1) is 10.4 Å². The predicted molar refractivity (Wildman–Crippen MR) is 89.9 cm³/mol. The van der Waals surface area contributed by atoms with E-state index in [0.29, 0.717) is 29.9 Å². The number of amides is 1. The third-order valence-electron chi connectivity index (χ3n) is 4.24. The van der Waals surface area contributed by atoms with Gasteiger partial charge in [-0.1, -0.05) is 13.8 Å². The van der Waals surface area contributed by atoms with E-state index in [2.05, 4.69) is 28.9 Å². The molecule has 1 saturated heterocycles. The monoisotopic (exact) mass is 331 g/mol. The third kappa shape index (κ3) is 3.23. The number of nitro groups is 1. The highest BCUT2D eigenvalue weighted by Crippen LogP contribution is 2.23. The van der Waals surface area contributed by atoms with Crippen molar-refractivity contribution in [3.8, 4) is 0 Å². The quantitative estimate of drug-likeness (QED) is 0.682. The van der Waals surface area contributed by atoms with Crippen molar-refractivity contribution in [1.82, 2.24) is 20.0 Å². The maximum absolute atomic E-state index is 12.7. The van der Waals surface area contributed by atoms with Crippen molar-refractivity contribution in [2.45, 2.75) is 13.8 Å². The largest absolute Gasteiger partial charge is 0.335 e. The maximum atomic E-state index is 12.7. The summed E-state index contributed by atoms with van der Waals surface area (Å²) in [4.78, 5) is 27.3. The summed E-state index contributed by atoms with van der Waals surface area (Å²) >= 11 is 0. The van der Waals surface area contributed by atoms with E-state index in [1.54, 1.807) is 11.0 Å². The van der Waals surface area contributed by atoms with Crippen molar-refractivity contribution in [2.24, 2.45) is 5.92 Å². The molecule has 2 heterocycles. The summed E-state index contributed by atoms with van der Waals surface area (Å²) in [5, 5.41) is 18.3. The molecule has 0 spiro atoms. The molecule has 1 aromatic carbocycles. The molecule has 8 nitrogen and oxygen atoms in total. The minimum absolute atomic E-state index is 0.0419. The topological polar surface area (TPSA) is 95.4 Å². The second-order valence-electron chi connectivity index (χ2n) is 6.55. The number of hydrogen-bond donors (Lipinski definition) is 1. The van der Waals surface area contributed by atoms with Crippen molar-refractivity contribution in [3.05, 3.63) is 34.0 Å². The Morgan fingerprint density at radius 2 is 2.04 bits per heavy atom. The maximum Gasteiger partial charge on any atom is 0.275 e. The molecule has 1 fully saturated rings. The fourth-order valence-corrected chi connectivity index (χ4v) is 3.08. The summed E-state index contributed by atoms with van der Waals surface area (Å²) in [6.45, 7) is 8.36. The number of nitro benzene ring substituents is 1. The molecule has 1 aliphatic rings. The lowest BCUT2D eigenvalue weighted by Crippen LogP contribution is -2.49. The third-order valence-corrected chi connectivity index (χ3v) is 4.24. The van der Waals surface area contributed by atoms with Gasteiger partial charge in [-0.25, -0.2) is 0 Å². The molecule has 1 aliphatic heterocycles. The number of aromatic nitrogens is 2. The average Bonchev–Trinajstić information content (AvgIpc) is 2.97. The Balaban J connectivity index is 1.77. The van der Waals surface area contributed by atoms with Crippen molar-refractivity contribution < 1.29 is 9.72 Å².